The van der Waals surface area contributed by atoms with Gasteiger partial charge in [-0.25, -0.2) is 9.59 Å². The van der Waals surface area contributed by atoms with Gasteiger partial charge in [0.2, 0.25) is 0 Å². The molecule has 5 rings (SSSR count). The third kappa shape index (κ3) is 4.84. The van der Waals surface area contributed by atoms with Gasteiger partial charge in [0.25, 0.3) is 0 Å². The molecule has 0 bridgehead atoms. The van der Waals surface area contributed by atoms with E-state index < -0.39 is 23.4 Å². The number of carboxylic acids is 2. The van der Waals surface area contributed by atoms with E-state index in [0.717, 1.165) is 42.2 Å². The number of halogens is 1. The first-order valence-electron chi connectivity index (χ1n) is 12.0. The Morgan fingerprint density at radius 3 is 2.36 bits per heavy atom. The van der Waals surface area contributed by atoms with Crippen molar-refractivity contribution in [3.63, 3.8) is 0 Å². The molecule has 9 heteroatoms. The molecule has 2 fully saturated rings. The number of amides is 1. The Balaban J connectivity index is 1.43. The summed E-state index contributed by atoms with van der Waals surface area (Å²) in [4.78, 5) is 37.8. The number of carboxylic acid groups (broad SMARTS) is 2. The van der Waals surface area contributed by atoms with Gasteiger partial charge in [-0.05, 0) is 71.4 Å². The molecule has 36 heavy (non-hydrogen) atoms. The Bertz CT molecular complexity index is 1320. The van der Waals surface area contributed by atoms with Crippen LogP contribution in [0.25, 0.3) is 22.3 Å². The predicted octanol–water partition coefficient (Wildman–Crippen LogP) is 6.31. The van der Waals surface area contributed by atoms with Gasteiger partial charge in [-0.3, -0.25) is 4.79 Å². The van der Waals surface area contributed by atoms with Gasteiger partial charge in [0, 0.05) is 24.0 Å². The van der Waals surface area contributed by atoms with Gasteiger partial charge in [-0.2, -0.15) is 0 Å². The molecule has 1 amide bonds. The second kappa shape index (κ2) is 9.61. The average molecular weight is 556 g/mol. The standard InChI is InChI=1S/C27H26BrNO7/c28-22-20-13-16(3-10-21(20)36-23(22)17-4-6-18(7-5-17)24(30)31)14-29(26(34)35-19-8-9-19)15-27(25(32)33)11-1-2-12-27/h3-7,10,13,19H,1-2,8-9,11-12,14-15H2,(H,30,31)(H,32,33). The molecule has 0 unspecified atom stereocenters. The zero-order chi connectivity index (χ0) is 25.4. The minimum absolute atomic E-state index is 0.0788. The van der Waals surface area contributed by atoms with E-state index >= 15 is 0 Å². The Kier molecular flexibility index (Phi) is 6.51. The van der Waals surface area contributed by atoms with Gasteiger partial charge in [0.05, 0.1) is 15.5 Å². The van der Waals surface area contributed by atoms with Crippen LogP contribution in [0.1, 0.15) is 54.4 Å². The van der Waals surface area contributed by atoms with Crippen LogP contribution in [0.4, 0.5) is 4.79 Å². The highest BCUT2D eigenvalue weighted by molar-refractivity contribution is 9.10. The Labute approximate surface area is 216 Å². The molecule has 0 saturated heterocycles. The summed E-state index contributed by atoms with van der Waals surface area (Å²) in [6.45, 7) is 0.330. The summed E-state index contributed by atoms with van der Waals surface area (Å²) in [5, 5.41) is 19.9. The van der Waals surface area contributed by atoms with Gasteiger partial charge >= 0.3 is 18.0 Å². The normalized spacial score (nSPS) is 16.7. The number of aromatic carboxylic acids is 1. The van der Waals surface area contributed by atoms with Gasteiger partial charge in [-0.15, -0.1) is 0 Å². The number of rotatable bonds is 8. The van der Waals surface area contributed by atoms with Crippen molar-refractivity contribution in [2.24, 2.45) is 5.41 Å². The topological polar surface area (TPSA) is 117 Å². The molecule has 8 nitrogen and oxygen atoms in total. The molecule has 0 spiro atoms. The van der Waals surface area contributed by atoms with Gasteiger partial charge < -0.3 is 24.3 Å². The van der Waals surface area contributed by atoms with Crippen LogP contribution in [-0.4, -0.2) is 45.8 Å². The van der Waals surface area contributed by atoms with Crippen LogP contribution in [0.2, 0.25) is 0 Å². The van der Waals surface area contributed by atoms with Crippen molar-refractivity contribution in [1.29, 1.82) is 0 Å². The fourth-order valence-corrected chi connectivity index (χ4v) is 5.45. The Morgan fingerprint density at radius 2 is 1.75 bits per heavy atom. The van der Waals surface area contributed by atoms with Crippen LogP contribution in [0.3, 0.4) is 0 Å². The van der Waals surface area contributed by atoms with Crippen LogP contribution in [0.15, 0.2) is 51.4 Å². The van der Waals surface area contributed by atoms with Crippen LogP contribution in [0, 0.1) is 5.41 Å². The Morgan fingerprint density at radius 1 is 1.06 bits per heavy atom. The smallest absolute Gasteiger partial charge is 0.410 e. The van der Waals surface area contributed by atoms with Crippen LogP contribution < -0.4 is 0 Å². The quantitative estimate of drug-likeness (QED) is 0.334. The van der Waals surface area contributed by atoms with E-state index in [2.05, 4.69) is 15.9 Å². The summed E-state index contributed by atoms with van der Waals surface area (Å²) in [6.07, 6.45) is 3.89. The highest BCUT2D eigenvalue weighted by Gasteiger charge is 2.44. The molecule has 0 atom stereocenters. The monoisotopic (exact) mass is 555 g/mol. The molecule has 0 aliphatic heterocycles. The number of ether oxygens (including phenoxy) is 1. The van der Waals surface area contributed by atoms with Gasteiger partial charge in [0.1, 0.15) is 17.4 Å². The molecular weight excluding hydrogens is 530 g/mol. The lowest BCUT2D eigenvalue weighted by atomic mass is 9.85. The third-order valence-corrected chi connectivity index (χ3v) is 7.80. The number of carbonyl (C=O) groups excluding carboxylic acids is 1. The molecule has 188 valence electrons. The lowest BCUT2D eigenvalue weighted by Crippen LogP contribution is -2.44. The molecule has 1 aromatic heterocycles. The molecule has 2 aliphatic carbocycles. The van der Waals surface area contributed by atoms with E-state index in [1.54, 1.807) is 12.1 Å². The molecule has 1 heterocycles. The number of hydrogen-bond acceptors (Lipinski definition) is 5. The lowest BCUT2D eigenvalue weighted by molar-refractivity contribution is -0.149. The van der Waals surface area contributed by atoms with E-state index in [1.165, 1.54) is 17.0 Å². The van der Waals surface area contributed by atoms with Crippen LogP contribution >= 0.6 is 15.9 Å². The predicted molar refractivity (Wildman–Crippen MR) is 135 cm³/mol. The zero-order valence-corrected chi connectivity index (χ0v) is 21.1. The number of fused-ring (bicyclic) bond motifs is 1. The molecule has 2 aliphatic rings. The van der Waals surface area contributed by atoms with Crippen molar-refractivity contribution in [3.8, 4) is 11.3 Å². The molecule has 2 N–H and O–H groups in total. The van der Waals surface area contributed by atoms with E-state index in [1.807, 2.05) is 18.2 Å². The van der Waals surface area contributed by atoms with Crippen molar-refractivity contribution in [1.82, 2.24) is 4.90 Å². The first-order valence-corrected chi connectivity index (χ1v) is 12.8. The number of hydrogen-bond donors (Lipinski definition) is 2. The molecular formula is C27H26BrNO7. The number of furan rings is 1. The number of benzene rings is 2. The zero-order valence-electron chi connectivity index (χ0n) is 19.5. The largest absolute Gasteiger partial charge is 0.481 e. The highest BCUT2D eigenvalue weighted by Crippen LogP contribution is 2.41. The summed E-state index contributed by atoms with van der Waals surface area (Å²) in [6, 6.07) is 12.0. The van der Waals surface area contributed by atoms with Crippen molar-refractivity contribution < 1.29 is 33.8 Å². The first kappa shape index (κ1) is 24.4. The maximum Gasteiger partial charge on any atom is 0.410 e. The number of nitrogens with zero attached hydrogens (tertiary/aromatic N) is 1. The second-order valence-electron chi connectivity index (χ2n) is 9.69. The maximum atomic E-state index is 13.0. The van der Waals surface area contributed by atoms with E-state index in [9.17, 15) is 19.5 Å². The van der Waals surface area contributed by atoms with Gasteiger partial charge in [-0.1, -0.05) is 31.0 Å². The SMILES string of the molecule is O=C(O)c1ccc(-c2oc3ccc(CN(CC4(C(=O)O)CCCC4)C(=O)OC4CC4)cc3c2Br)cc1. The van der Waals surface area contributed by atoms with E-state index in [0.29, 0.717) is 28.7 Å². The average Bonchev–Trinajstić information content (AvgIpc) is 3.43. The summed E-state index contributed by atoms with van der Waals surface area (Å²) in [7, 11) is 0. The summed E-state index contributed by atoms with van der Waals surface area (Å²) in [5.74, 6) is -1.29. The summed E-state index contributed by atoms with van der Waals surface area (Å²) < 4.78 is 12.3. The molecule has 2 aromatic carbocycles. The van der Waals surface area contributed by atoms with Crippen molar-refractivity contribution >= 4 is 44.9 Å². The molecule has 0 radical (unpaired) electrons. The fraction of sp³-hybridized carbons (Fsp3) is 0.370. The molecule has 3 aromatic rings. The third-order valence-electron chi connectivity index (χ3n) is 7.02. The maximum absolute atomic E-state index is 13.0. The van der Waals surface area contributed by atoms with Crippen LogP contribution in [0.5, 0.6) is 0 Å². The van der Waals surface area contributed by atoms with E-state index in [-0.39, 0.29) is 24.8 Å². The minimum Gasteiger partial charge on any atom is -0.481 e. The second-order valence-corrected chi connectivity index (χ2v) is 10.5. The summed E-state index contributed by atoms with van der Waals surface area (Å²) >= 11 is 3.61. The van der Waals surface area contributed by atoms with Crippen molar-refractivity contribution in [3.05, 3.63) is 58.1 Å². The lowest BCUT2D eigenvalue weighted by Gasteiger charge is -2.31. The first-order chi connectivity index (χ1) is 17.3. The van der Waals surface area contributed by atoms with Crippen molar-refractivity contribution in [2.45, 2.75) is 51.2 Å². The number of aliphatic carboxylic acids is 1. The van der Waals surface area contributed by atoms with Gasteiger partial charge in [0.15, 0.2) is 0 Å². The molecule has 2 saturated carbocycles. The fourth-order valence-electron chi connectivity index (χ4n) is 4.83. The highest BCUT2D eigenvalue weighted by atomic mass is 79.9. The van der Waals surface area contributed by atoms with Crippen LogP contribution in [-0.2, 0) is 16.1 Å². The number of carbonyl (C=O) groups is 3. The minimum atomic E-state index is -0.998. The van der Waals surface area contributed by atoms with Crippen molar-refractivity contribution in [2.75, 3.05) is 6.54 Å². The Hall–Kier alpha value is -3.33. The summed E-state index contributed by atoms with van der Waals surface area (Å²) in [5.41, 5.74) is 1.42. The van der Waals surface area contributed by atoms with E-state index in [4.69, 9.17) is 14.3 Å².